The van der Waals surface area contributed by atoms with Crippen molar-refractivity contribution in [3.63, 3.8) is 0 Å². The molecule has 2 amide bonds. The van der Waals surface area contributed by atoms with E-state index in [2.05, 4.69) is 10.3 Å². The Hall–Kier alpha value is -2.30. The van der Waals surface area contributed by atoms with Crippen LogP contribution in [-0.4, -0.2) is 55.5 Å². The zero-order valence-electron chi connectivity index (χ0n) is 16.6. The first-order valence-electron chi connectivity index (χ1n) is 9.86. The molecular formula is C20H24N4O4S2. The van der Waals surface area contributed by atoms with Gasteiger partial charge in [0.1, 0.15) is 5.01 Å². The fraction of sp³-hybridized carbons (Fsp3) is 0.450. The minimum atomic E-state index is -3.38. The highest BCUT2D eigenvalue weighted by atomic mass is 32.2. The number of thiazole rings is 1. The molecule has 2 unspecified atom stereocenters. The summed E-state index contributed by atoms with van der Waals surface area (Å²) in [6, 6.07) is 4.42. The number of primary amides is 1. The van der Waals surface area contributed by atoms with Crippen molar-refractivity contribution in [2.45, 2.75) is 31.1 Å². The van der Waals surface area contributed by atoms with E-state index in [0.717, 1.165) is 23.5 Å². The van der Waals surface area contributed by atoms with Crippen LogP contribution in [0.2, 0.25) is 0 Å². The molecule has 8 nitrogen and oxygen atoms in total. The number of likely N-dealkylation sites (tertiary alicyclic amines) is 1. The lowest BCUT2D eigenvalue weighted by atomic mass is 10.0. The van der Waals surface area contributed by atoms with Crippen LogP contribution in [0.1, 0.15) is 61.1 Å². The number of hydrogen-bond acceptors (Lipinski definition) is 7. The van der Waals surface area contributed by atoms with Crippen LogP contribution in [0.4, 0.5) is 0 Å². The number of aryl methyl sites for hydroxylation is 1. The van der Waals surface area contributed by atoms with Crippen LogP contribution >= 0.6 is 11.3 Å². The number of amides is 2. The predicted octanol–water partition coefficient (Wildman–Crippen LogP) is 1.59. The van der Waals surface area contributed by atoms with Gasteiger partial charge in [-0.05, 0) is 43.5 Å². The Kier molecular flexibility index (Phi) is 5.65. The number of sulfone groups is 1. The lowest BCUT2D eigenvalue weighted by Crippen LogP contribution is -2.39. The van der Waals surface area contributed by atoms with Gasteiger partial charge in [0.15, 0.2) is 9.84 Å². The Labute approximate surface area is 179 Å². The van der Waals surface area contributed by atoms with Crippen molar-refractivity contribution in [1.29, 1.82) is 0 Å². The van der Waals surface area contributed by atoms with E-state index in [4.69, 9.17) is 5.73 Å². The minimum Gasteiger partial charge on any atom is -0.366 e. The lowest BCUT2D eigenvalue weighted by molar-refractivity contribution is 0.0735. The Morgan fingerprint density at radius 3 is 2.70 bits per heavy atom. The maximum Gasteiger partial charge on any atom is 0.254 e. The number of benzene rings is 1. The van der Waals surface area contributed by atoms with Crippen LogP contribution in [0, 0.1) is 6.92 Å². The van der Waals surface area contributed by atoms with Gasteiger partial charge in [0.25, 0.3) is 5.91 Å². The van der Waals surface area contributed by atoms with E-state index < -0.39 is 21.0 Å². The van der Waals surface area contributed by atoms with Crippen LogP contribution in [0.15, 0.2) is 23.6 Å². The van der Waals surface area contributed by atoms with Crippen molar-refractivity contribution in [2.75, 3.05) is 25.4 Å². The minimum absolute atomic E-state index is 0.0132. The summed E-state index contributed by atoms with van der Waals surface area (Å²) in [5.74, 6) is -0.921. The Balaban J connectivity index is 1.71. The third-order valence-electron chi connectivity index (χ3n) is 5.62. The maximum absolute atomic E-state index is 13.4. The van der Waals surface area contributed by atoms with Gasteiger partial charge in [-0.25, -0.2) is 13.4 Å². The Bertz CT molecular complexity index is 1100. The smallest absolute Gasteiger partial charge is 0.254 e. The van der Waals surface area contributed by atoms with Gasteiger partial charge in [-0.2, -0.15) is 0 Å². The molecule has 1 aromatic heterocycles. The zero-order chi connectivity index (χ0) is 21.5. The van der Waals surface area contributed by atoms with Crippen molar-refractivity contribution in [3.8, 4) is 0 Å². The number of aromatic nitrogens is 1. The molecule has 0 aliphatic carbocycles. The summed E-state index contributed by atoms with van der Waals surface area (Å²) in [4.78, 5) is 31.6. The molecule has 0 spiro atoms. The second-order valence-corrected chi connectivity index (χ2v) is 10.9. The number of hydrogen-bond donors (Lipinski definition) is 2. The first-order chi connectivity index (χ1) is 14.3. The Morgan fingerprint density at radius 2 is 2.03 bits per heavy atom. The summed E-state index contributed by atoms with van der Waals surface area (Å²) in [5.41, 5.74) is 7.24. The number of nitrogens with two attached hydrogens (primary N) is 1. The summed E-state index contributed by atoms with van der Waals surface area (Å²) >= 11 is 1.53. The lowest BCUT2D eigenvalue weighted by Gasteiger charge is -2.26. The molecule has 2 saturated heterocycles. The topological polar surface area (TPSA) is 122 Å². The molecule has 0 radical (unpaired) electrons. The number of nitrogens with zero attached hydrogens (tertiary/aromatic N) is 2. The third-order valence-corrected chi connectivity index (χ3v) is 8.76. The average molecular weight is 449 g/mol. The van der Waals surface area contributed by atoms with E-state index in [1.54, 1.807) is 11.0 Å². The van der Waals surface area contributed by atoms with E-state index >= 15 is 0 Å². The number of carbonyl (C=O) groups excluding carboxylic acids is 2. The molecule has 0 bridgehead atoms. The monoisotopic (exact) mass is 448 g/mol. The summed E-state index contributed by atoms with van der Waals surface area (Å²) in [6.45, 7) is 3.13. The van der Waals surface area contributed by atoms with Gasteiger partial charge in [0, 0.05) is 41.8 Å². The fourth-order valence-corrected chi connectivity index (χ4v) is 6.68. The molecule has 3 heterocycles. The molecule has 4 rings (SSSR count). The van der Waals surface area contributed by atoms with Gasteiger partial charge in [-0.3, -0.25) is 9.59 Å². The average Bonchev–Trinajstić information content (AvgIpc) is 3.35. The van der Waals surface area contributed by atoms with Gasteiger partial charge in [0.2, 0.25) is 5.91 Å². The predicted molar refractivity (Wildman–Crippen MR) is 114 cm³/mol. The molecule has 0 saturated carbocycles. The molecule has 2 aliphatic rings. The van der Waals surface area contributed by atoms with E-state index in [9.17, 15) is 18.0 Å². The SMILES string of the molecule is Cc1csc(C2CCCN2C(=O)c2cc(C(N)=O)cc(C3CNCCS3(=O)=O)c2)n1. The summed E-state index contributed by atoms with van der Waals surface area (Å²) < 4.78 is 25.2. The third kappa shape index (κ3) is 3.99. The number of rotatable bonds is 4. The summed E-state index contributed by atoms with van der Waals surface area (Å²) in [5, 5.41) is 5.12. The highest BCUT2D eigenvalue weighted by Gasteiger charge is 2.35. The largest absolute Gasteiger partial charge is 0.366 e. The first-order valence-corrected chi connectivity index (χ1v) is 12.5. The molecule has 2 atom stereocenters. The van der Waals surface area contributed by atoms with Gasteiger partial charge < -0.3 is 16.0 Å². The maximum atomic E-state index is 13.4. The van der Waals surface area contributed by atoms with Crippen LogP contribution in [0.3, 0.4) is 0 Å². The van der Waals surface area contributed by atoms with Gasteiger partial charge in [-0.1, -0.05) is 0 Å². The highest BCUT2D eigenvalue weighted by molar-refractivity contribution is 7.91. The molecule has 160 valence electrons. The van der Waals surface area contributed by atoms with Crippen molar-refractivity contribution >= 4 is 33.0 Å². The standard InChI is InChI=1S/C20H24N4O4S2/c1-12-11-29-19(23-12)16-3-2-5-24(16)20(26)15-8-13(7-14(9-15)18(21)25)17-10-22-4-6-30(17,27)28/h7-9,11,16-17,22H,2-6,10H2,1H3,(H2,21,25). The van der Waals surface area contributed by atoms with Crippen molar-refractivity contribution in [3.05, 3.63) is 51.0 Å². The summed E-state index contributed by atoms with van der Waals surface area (Å²) in [6.07, 6.45) is 1.68. The number of nitrogens with one attached hydrogen (secondary N) is 1. The normalized spacial score (nSPS) is 23.4. The molecule has 30 heavy (non-hydrogen) atoms. The molecule has 2 aliphatic heterocycles. The highest BCUT2D eigenvalue weighted by Crippen LogP contribution is 2.35. The Morgan fingerprint density at radius 1 is 1.27 bits per heavy atom. The van der Waals surface area contributed by atoms with E-state index in [-0.39, 0.29) is 35.4 Å². The van der Waals surface area contributed by atoms with Crippen LogP contribution < -0.4 is 11.1 Å². The van der Waals surface area contributed by atoms with Gasteiger partial charge in [0.05, 0.1) is 17.0 Å². The number of carbonyl (C=O) groups is 2. The molecular weight excluding hydrogens is 424 g/mol. The summed E-state index contributed by atoms with van der Waals surface area (Å²) in [7, 11) is -3.38. The van der Waals surface area contributed by atoms with Gasteiger partial charge >= 0.3 is 0 Å². The second kappa shape index (κ2) is 8.09. The van der Waals surface area contributed by atoms with Crippen molar-refractivity contribution < 1.29 is 18.0 Å². The molecule has 1 aromatic carbocycles. The second-order valence-electron chi connectivity index (χ2n) is 7.75. The van der Waals surface area contributed by atoms with E-state index in [0.29, 0.717) is 18.7 Å². The first kappa shape index (κ1) is 21.0. The molecule has 3 N–H and O–H groups in total. The fourth-order valence-electron chi connectivity index (χ4n) is 4.10. The van der Waals surface area contributed by atoms with Crippen molar-refractivity contribution in [2.24, 2.45) is 5.73 Å². The zero-order valence-corrected chi connectivity index (χ0v) is 18.3. The van der Waals surface area contributed by atoms with Crippen molar-refractivity contribution in [1.82, 2.24) is 15.2 Å². The van der Waals surface area contributed by atoms with Crippen LogP contribution in [0.5, 0.6) is 0 Å². The van der Waals surface area contributed by atoms with Crippen LogP contribution in [-0.2, 0) is 9.84 Å². The molecule has 10 heteroatoms. The quantitative estimate of drug-likeness (QED) is 0.732. The molecule has 2 fully saturated rings. The van der Waals surface area contributed by atoms with Crippen LogP contribution in [0.25, 0.3) is 0 Å². The van der Waals surface area contributed by atoms with E-state index in [1.807, 2.05) is 12.3 Å². The molecule has 2 aromatic rings. The van der Waals surface area contributed by atoms with Gasteiger partial charge in [-0.15, -0.1) is 11.3 Å². The van der Waals surface area contributed by atoms with E-state index in [1.165, 1.54) is 23.5 Å².